The smallest absolute Gasteiger partial charge is 0.262 e. The highest BCUT2D eigenvalue weighted by molar-refractivity contribution is 7.98. The fraction of sp³-hybridized carbons (Fsp3) is 0.182. The average Bonchev–Trinajstić information content (AvgIpc) is 3.33. The Morgan fingerprint density at radius 3 is 2.33 bits per heavy atom. The SMILES string of the molecule is CSCC[C@@H](C(=O)Nc1nc(-c2ccccc2)cs1)N1C(=O)c2ccccc2C1=O. The molecule has 0 fully saturated rings. The lowest BCUT2D eigenvalue weighted by molar-refractivity contribution is -0.120. The van der Waals surface area contributed by atoms with Crippen LogP contribution >= 0.6 is 23.1 Å². The summed E-state index contributed by atoms with van der Waals surface area (Å²) in [5, 5.41) is 5.10. The van der Waals surface area contributed by atoms with Crippen LogP contribution in [0.4, 0.5) is 5.13 Å². The van der Waals surface area contributed by atoms with E-state index in [4.69, 9.17) is 0 Å². The minimum atomic E-state index is -0.895. The van der Waals surface area contributed by atoms with E-state index in [1.54, 1.807) is 36.0 Å². The number of carbonyl (C=O) groups excluding carboxylic acids is 3. The number of hydrogen-bond acceptors (Lipinski definition) is 6. The van der Waals surface area contributed by atoms with Crippen molar-refractivity contribution in [2.45, 2.75) is 12.5 Å². The van der Waals surface area contributed by atoms with E-state index in [1.165, 1.54) is 11.3 Å². The third-order valence-corrected chi connectivity index (χ3v) is 6.24. The van der Waals surface area contributed by atoms with Crippen LogP contribution < -0.4 is 5.32 Å². The average molecular weight is 438 g/mol. The zero-order chi connectivity index (χ0) is 21.1. The number of aromatic nitrogens is 1. The molecule has 0 saturated heterocycles. The Morgan fingerprint density at radius 2 is 1.70 bits per heavy atom. The van der Waals surface area contributed by atoms with Crippen LogP contribution in [0.25, 0.3) is 11.3 Å². The second kappa shape index (κ2) is 8.81. The van der Waals surface area contributed by atoms with Gasteiger partial charge in [-0.25, -0.2) is 4.98 Å². The fourth-order valence-corrected chi connectivity index (χ4v) is 4.54. The summed E-state index contributed by atoms with van der Waals surface area (Å²) in [4.78, 5) is 44.4. The van der Waals surface area contributed by atoms with Crippen molar-refractivity contribution < 1.29 is 14.4 Å². The van der Waals surface area contributed by atoms with Gasteiger partial charge in [0.1, 0.15) is 6.04 Å². The number of benzene rings is 2. The predicted octanol–water partition coefficient (Wildman–Crippen LogP) is 4.17. The van der Waals surface area contributed by atoms with Gasteiger partial charge < -0.3 is 5.32 Å². The number of anilines is 1. The van der Waals surface area contributed by atoms with Gasteiger partial charge in [0.2, 0.25) is 5.91 Å². The number of fused-ring (bicyclic) bond motifs is 1. The van der Waals surface area contributed by atoms with Crippen molar-refractivity contribution in [2.75, 3.05) is 17.3 Å². The monoisotopic (exact) mass is 437 g/mol. The van der Waals surface area contributed by atoms with Crippen LogP contribution in [0.1, 0.15) is 27.1 Å². The van der Waals surface area contributed by atoms with E-state index < -0.39 is 23.8 Å². The molecular formula is C22H19N3O3S2. The number of thioether (sulfide) groups is 1. The Labute approximate surface area is 182 Å². The van der Waals surface area contributed by atoms with E-state index in [0.717, 1.165) is 16.2 Å². The van der Waals surface area contributed by atoms with Crippen LogP contribution in [0.3, 0.4) is 0 Å². The maximum Gasteiger partial charge on any atom is 0.262 e. The zero-order valence-electron chi connectivity index (χ0n) is 16.2. The van der Waals surface area contributed by atoms with Gasteiger partial charge in [-0.2, -0.15) is 11.8 Å². The Bertz CT molecular complexity index is 1060. The van der Waals surface area contributed by atoms with E-state index in [2.05, 4.69) is 10.3 Å². The van der Waals surface area contributed by atoms with Gasteiger partial charge in [-0.3, -0.25) is 19.3 Å². The van der Waals surface area contributed by atoms with Crippen molar-refractivity contribution in [3.05, 3.63) is 71.1 Å². The number of imide groups is 1. The number of amides is 3. The largest absolute Gasteiger partial charge is 0.300 e. The summed E-state index contributed by atoms with van der Waals surface area (Å²) >= 11 is 2.87. The first-order valence-corrected chi connectivity index (χ1v) is 11.6. The molecule has 2 aromatic carbocycles. The molecule has 0 saturated carbocycles. The topological polar surface area (TPSA) is 79.4 Å². The first-order chi connectivity index (χ1) is 14.6. The molecule has 1 atom stereocenters. The lowest BCUT2D eigenvalue weighted by Crippen LogP contribution is -2.47. The highest BCUT2D eigenvalue weighted by atomic mass is 32.2. The summed E-state index contributed by atoms with van der Waals surface area (Å²) in [5.74, 6) is -0.632. The molecule has 0 aliphatic carbocycles. The van der Waals surface area contributed by atoms with Crippen LogP contribution in [-0.2, 0) is 4.79 Å². The van der Waals surface area contributed by atoms with E-state index in [9.17, 15) is 14.4 Å². The molecule has 6 nitrogen and oxygen atoms in total. The second-order valence-electron chi connectivity index (χ2n) is 6.72. The van der Waals surface area contributed by atoms with Gasteiger partial charge in [0, 0.05) is 10.9 Å². The molecule has 2 heterocycles. The van der Waals surface area contributed by atoms with Crippen molar-refractivity contribution >= 4 is 46.0 Å². The van der Waals surface area contributed by atoms with Crippen molar-refractivity contribution in [3.63, 3.8) is 0 Å². The normalized spacial score (nSPS) is 14.0. The second-order valence-corrected chi connectivity index (χ2v) is 8.56. The fourth-order valence-electron chi connectivity index (χ4n) is 3.36. The quantitative estimate of drug-likeness (QED) is 0.562. The minimum absolute atomic E-state index is 0.338. The summed E-state index contributed by atoms with van der Waals surface area (Å²) in [6.45, 7) is 0. The van der Waals surface area contributed by atoms with Crippen molar-refractivity contribution in [1.29, 1.82) is 0 Å². The number of thiazole rings is 1. The van der Waals surface area contributed by atoms with E-state index in [0.29, 0.717) is 28.4 Å². The number of nitrogens with one attached hydrogen (secondary N) is 1. The summed E-state index contributed by atoms with van der Waals surface area (Å²) in [5.41, 5.74) is 2.39. The molecule has 30 heavy (non-hydrogen) atoms. The van der Waals surface area contributed by atoms with E-state index in [1.807, 2.05) is 42.0 Å². The minimum Gasteiger partial charge on any atom is -0.300 e. The summed E-state index contributed by atoms with van der Waals surface area (Å²) in [6, 6.07) is 15.4. The van der Waals surface area contributed by atoms with E-state index in [-0.39, 0.29) is 0 Å². The third-order valence-electron chi connectivity index (χ3n) is 4.84. The zero-order valence-corrected chi connectivity index (χ0v) is 17.8. The Kier molecular flexibility index (Phi) is 5.96. The molecule has 4 rings (SSSR count). The van der Waals surface area contributed by atoms with E-state index >= 15 is 0 Å². The molecule has 1 aromatic heterocycles. The Hall–Kier alpha value is -2.97. The highest BCUT2D eigenvalue weighted by Gasteiger charge is 2.42. The summed E-state index contributed by atoms with van der Waals surface area (Å²) in [7, 11) is 0. The first-order valence-electron chi connectivity index (χ1n) is 9.38. The van der Waals surface area contributed by atoms with Crippen molar-refractivity contribution in [3.8, 4) is 11.3 Å². The number of hydrogen-bond donors (Lipinski definition) is 1. The number of carbonyl (C=O) groups is 3. The van der Waals surface area contributed by atoms with Crippen LogP contribution in [0, 0.1) is 0 Å². The molecule has 0 unspecified atom stereocenters. The van der Waals surface area contributed by atoms with Crippen molar-refractivity contribution in [1.82, 2.24) is 9.88 Å². The summed E-state index contributed by atoms with van der Waals surface area (Å²) in [6.07, 6.45) is 2.29. The number of nitrogens with zero attached hydrogens (tertiary/aromatic N) is 2. The van der Waals surface area contributed by atoms with Crippen LogP contribution in [-0.4, -0.2) is 45.7 Å². The molecule has 3 amide bonds. The van der Waals surface area contributed by atoms with Gasteiger partial charge in [-0.1, -0.05) is 42.5 Å². The standard InChI is InChI=1S/C22H19N3O3S2/c1-29-12-11-18(25-20(27)15-9-5-6-10-16(15)21(25)28)19(26)24-22-23-17(13-30-22)14-7-3-2-4-8-14/h2-10,13,18H,11-12H2,1H3,(H,23,24,26)/t18-/m0/s1. The highest BCUT2D eigenvalue weighted by Crippen LogP contribution is 2.28. The maximum atomic E-state index is 13.1. The lowest BCUT2D eigenvalue weighted by Gasteiger charge is -2.24. The molecule has 3 aromatic rings. The van der Waals surface area contributed by atoms with Crippen LogP contribution in [0.15, 0.2) is 60.0 Å². The molecule has 1 aliphatic heterocycles. The van der Waals surface area contributed by atoms with Gasteiger partial charge >= 0.3 is 0 Å². The Morgan fingerprint density at radius 1 is 1.07 bits per heavy atom. The Balaban J connectivity index is 1.56. The third kappa shape index (κ3) is 3.88. The summed E-state index contributed by atoms with van der Waals surface area (Å²) < 4.78 is 0. The van der Waals surface area contributed by atoms with Gasteiger partial charge in [-0.05, 0) is 30.6 Å². The molecule has 1 aliphatic rings. The molecule has 1 N–H and O–H groups in total. The molecule has 0 radical (unpaired) electrons. The van der Waals surface area contributed by atoms with Crippen LogP contribution in [0.2, 0.25) is 0 Å². The van der Waals surface area contributed by atoms with Gasteiger partial charge in [0.05, 0.1) is 16.8 Å². The molecule has 0 bridgehead atoms. The molecule has 152 valence electrons. The van der Waals surface area contributed by atoms with Gasteiger partial charge in [-0.15, -0.1) is 11.3 Å². The first kappa shape index (κ1) is 20.3. The molecular weight excluding hydrogens is 418 g/mol. The lowest BCUT2D eigenvalue weighted by atomic mass is 10.1. The maximum absolute atomic E-state index is 13.1. The predicted molar refractivity (Wildman–Crippen MR) is 120 cm³/mol. The molecule has 8 heteroatoms. The van der Waals surface area contributed by atoms with Crippen molar-refractivity contribution in [2.24, 2.45) is 0 Å². The van der Waals surface area contributed by atoms with Gasteiger partial charge in [0.25, 0.3) is 11.8 Å². The number of rotatable bonds is 7. The van der Waals surface area contributed by atoms with Gasteiger partial charge in [0.15, 0.2) is 5.13 Å². The van der Waals surface area contributed by atoms with Crippen LogP contribution in [0.5, 0.6) is 0 Å². The molecule has 0 spiro atoms.